The van der Waals surface area contributed by atoms with Gasteiger partial charge in [0.2, 0.25) is 21.8 Å². The highest BCUT2D eigenvalue weighted by molar-refractivity contribution is 7.99. The predicted molar refractivity (Wildman–Crippen MR) is 99.4 cm³/mol. The van der Waals surface area contributed by atoms with E-state index in [9.17, 15) is 18.0 Å². The zero-order valence-corrected chi connectivity index (χ0v) is 15.8. The second-order valence-electron chi connectivity index (χ2n) is 5.40. The first-order valence-corrected chi connectivity index (χ1v) is 9.84. The molecule has 0 aliphatic rings. The number of benzene rings is 1. The van der Waals surface area contributed by atoms with Gasteiger partial charge in [-0.2, -0.15) is 0 Å². The Labute approximate surface area is 155 Å². The molecule has 3 N–H and O–H groups in total. The number of nitrogens with one attached hydrogen (secondary N) is 1. The maximum atomic E-state index is 12.0. The summed E-state index contributed by atoms with van der Waals surface area (Å²) in [6.07, 6.45) is 1.26. The van der Waals surface area contributed by atoms with Crippen molar-refractivity contribution in [1.82, 2.24) is 9.29 Å². The summed E-state index contributed by atoms with van der Waals surface area (Å²) in [5.74, 6) is -0.692. The summed E-state index contributed by atoms with van der Waals surface area (Å²) < 4.78 is 25.0. The van der Waals surface area contributed by atoms with Crippen molar-refractivity contribution >= 4 is 39.3 Å². The van der Waals surface area contributed by atoms with Crippen molar-refractivity contribution in [1.29, 1.82) is 0 Å². The van der Waals surface area contributed by atoms with Gasteiger partial charge in [-0.05, 0) is 36.4 Å². The second-order valence-corrected chi connectivity index (χ2v) is 8.55. The van der Waals surface area contributed by atoms with E-state index in [1.54, 1.807) is 18.2 Å². The van der Waals surface area contributed by atoms with Gasteiger partial charge in [0.05, 0.1) is 10.8 Å². The number of thioether (sulfide) groups is 1. The van der Waals surface area contributed by atoms with E-state index in [1.807, 2.05) is 0 Å². The molecule has 1 aromatic heterocycles. The lowest BCUT2D eigenvalue weighted by Gasteiger charge is -2.11. The normalized spacial score (nSPS) is 11.3. The van der Waals surface area contributed by atoms with Crippen LogP contribution in [0.2, 0.25) is 0 Å². The molecule has 0 spiro atoms. The molecular formula is C16H18N4O4S2. The number of nitrogens with two attached hydrogens (primary N) is 1. The average molecular weight is 394 g/mol. The highest BCUT2D eigenvalue weighted by atomic mass is 32.2. The first kappa shape index (κ1) is 19.9. The van der Waals surface area contributed by atoms with Crippen LogP contribution in [0.5, 0.6) is 0 Å². The number of pyridine rings is 1. The number of nitrogens with zero attached hydrogens (tertiary/aromatic N) is 2. The Balaban J connectivity index is 1.92. The quantitative estimate of drug-likeness (QED) is 0.680. The van der Waals surface area contributed by atoms with Gasteiger partial charge in [0.25, 0.3) is 0 Å². The zero-order chi connectivity index (χ0) is 19.3. The number of primary amides is 1. The lowest BCUT2D eigenvalue weighted by Crippen LogP contribution is -2.22. The highest BCUT2D eigenvalue weighted by Crippen LogP contribution is 2.19. The summed E-state index contributed by atoms with van der Waals surface area (Å²) in [5.41, 5.74) is 6.05. The highest BCUT2D eigenvalue weighted by Gasteiger charge is 2.17. The predicted octanol–water partition coefficient (Wildman–Crippen LogP) is 1.16. The van der Waals surface area contributed by atoms with Crippen molar-refractivity contribution in [2.45, 2.75) is 9.92 Å². The minimum absolute atomic E-state index is 0.0887. The van der Waals surface area contributed by atoms with E-state index in [4.69, 9.17) is 5.73 Å². The van der Waals surface area contributed by atoms with Crippen molar-refractivity contribution in [3.63, 3.8) is 0 Å². The van der Waals surface area contributed by atoms with Crippen LogP contribution in [0.1, 0.15) is 10.4 Å². The van der Waals surface area contributed by atoms with E-state index in [2.05, 4.69) is 10.3 Å². The van der Waals surface area contributed by atoms with Crippen molar-refractivity contribution < 1.29 is 18.0 Å². The van der Waals surface area contributed by atoms with Gasteiger partial charge in [-0.15, -0.1) is 0 Å². The number of anilines is 1. The van der Waals surface area contributed by atoms with E-state index in [1.165, 1.54) is 50.3 Å². The molecule has 26 heavy (non-hydrogen) atoms. The Morgan fingerprint density at radius 2 is 1.81 bits per heavy atom. The maximum absolute atomic E-state index is 12.0. The van der Waals surface area contributed by atoms with Gasteiger partial charge >= 0.3 is 0 Å². The summed E-state index contributed by atoms with van der Waals surface area (Å²) in [7, 11) is -0.640. The molecule has 0 bridgehead atoms. The molecule has 0 saturated heterocycles. The zero-order valence-electron chi connectivity index (χ0n) is 14.2. The van der Waals surface area contributed by atoms with Gasteiger partial charge in [0.1, 0.15) is 4.90 Å². The number of amides is 2. The van der Waals surface area contributed by atoms with Crippen molar-refractivity contribution in [3.8, 4) is 0 Å². The number of aromatic nitrogens is 1. The lowest BCUT2D eigenvalue weighted by atomic mass is 10.2. The molecule has 138 valence electrons. The molecule has 0 saturated carbocycles. The summed E-state index contributed by atoms with van der Waals surface area (Å²) >= 11 is 1.18. The third-order valence-corrected chi connectivity index (χ3v) is 6.03. The van der Waals surface area contributed by atoms with Crippen LogP contribution in [0.25, 0.3) is 0 Å². The number of carbonyl (C=O) groups excluding carboxylic acids is 2. The third kappa shape index (κ3) is 5.04. The van der Waals surface area contributed by atoms with Crippen LogP contribution in [0.15, 0.2) is 52.5 Å². The summed E-state index contributed by atoms with van der Waals surface area (Å²) in [5, 5.41) is 3.22. The Bertz CT molecular complexity index is 895. The Morgan fingerprint density at radius 1 is 1.15 bits per heavy atom. The minimum atomic E-state index is -3.53. The van der Waals surface area contributed by atoms with E-state index in [-0.39, 0.29) is 16.6 Å². The maximum Gasteiger partial charge on any atom is 0.248 e. The molecule has 0 atom stereocenters. The van der Waals surface area contributed by atoms with Crippen LogP contribution in [0.4, 0.5) is 5.69 Å². The van der Waals surface area contributed by atoms with Crippen LogP contribution in [0, 0.1) is 0 Å². The van der Waals surface area contributed by atoms with Crippen LogP contribution in [-0.2, 0) is 14.8 Å². The smallest absolute Gasteiger partial charge is 0.248 e. The Morgan fingerprint density at radius 3 is 2.31 bits per heavy atom. The number of hydrogen-bond acceptors (Lipinski definition) is 6. The first-order chi connectivity index (χ1) is 12.2. The monoisotopic (exact) mass is 394 g/mol. The standard InChI is InChI=1S/C16H18N4O4S2/c1-20(2)26(23,24)13-7-8-15(18-9-13)25-10-14(21)19-12-5-3-11(4-6-12)16(17)22/h3-9H,10H2,1-2H3,(H2,17,22)(H,19,21). The van der Waals surface area contributed by atoms with Gasteiger partial charge in [-0.3, -0.25) is 9.59 Å². The van der Waals surface area contributed by atoms with Crippen LogP contribution in [-0.4, -0.2) is 49.4 Å². The summed E-state index contributed by atoms with van der Waals surface area (Å²) in [6.45, 7) is 0. The van der Waals surface area contributed by atoms with E-state index in [0.29, 0.717) is 16.3 Å². The van der Waals surface area contributed by atoms with Crippen LogP contribution in [0.3, 0.4) is 0 Å². The lowest BCUT2D eigenvalue weighted by molar-refractivity contribution is -0.113. The van der Waals surface area contributed by atoms with Crippen molar-refractivity contribution in [2.24, 2.45) is 5.73 Å². The first-order valence-electron chi connectivity index (χ1n) is 7.41. The Kier molecular flexibility index (Phi) is 6.35. The van der Waals surface area contributed by atoms with Gasteiger partial charge < -0.3 is 11.1 Å². The van der Waals surface area contributed by atoms with Gasteiger partial charge in [0.15, 0.2) is 0 Å². The number of hydrogen-bond donors (Lipinski definition) is 2. The minimum Gasteiger partial charge on any atom is -0.366 e. The molecule has 10 heteroatoms. The van der Waals surface area contributed by atoms with Crippen LogP contribution < -0.4 is 11.1 Å². The average Bonchev–Trinajstić information content (AvgIpc) is 2.60. The Hall–Kier alpha value is -2.43. The number of rotatable bonds is 7. The molecule has 0 radical (unpaired) electrons. The van der Waals surface area contributed by atoms with Gasteiger partial charge in [0, 0.05) is 31.5 Å². The molecule has 1 aromatic carbocycles. The molecule has 0 aliphatic carbocycles. The summed E-state index contributed by atoms with van der Waals surface area (Å²) in [6, 6.07) is 9.22. The molecule has 0 unspecified atom stereocenters. The van der Waals surface area contributed by atoms with E-state index in [0.717, 1.165) is 4.31 Å². The fourth-order valence-corrected chi connectivity index (χ4v) is 3.36. The van der Waals surface area contributed by atoms with Gasteiger partial charge in [-0.1, -0.05) is 11.8 Å². The van der Waals surface area contributed by atoms with Crippen LogP contribution >= 0.6 is 11.8 Å². The van der Waals surface area contributed by atoms with E-state index < -0.39 is 15.9 Å². The molecule has 1 heterocycles. The molecule has 0 aliphatic heterocycles. The van der Waals surface area contributed by atoms with Gasteiger partial charge in [-0.25, -0.2) is 17.7 Å². The molecule has 8 nitrogen and oxygen atoms in total. The largest absolute Gasteiger partial charge is 0.366 e. The molecular weight excluding hydrogens is 376 g/mol. The van der Waals surface area contributed by atoms with Crippen molar-refractivity contribution in [2.75, 3.05) is 25.2 Å². The fourth-order valence-electron chi connectivity index (χ4n) is 1.87. The fraction of sp³-hybridized carbons (Fsp3) is 0.188. The topological polar surface area (TPSA) is 122 Å². The molecule has 2 aromatic rings. The number of carbonyl (C=O) groups is 2. The SMILES string of the molecule is CN(C)S(=O)(=O)c1ccc(SCC(=O)Nc2ccc(C(N)=O)cc2)nc1. The van der Waals surface area contributed by atoms with E-state index >= 15 is 0 Å². The molecule has 2 amide bonds. The number of sulfonamides is 1. The van der Waals surface area contributed by atoms with Crippen molar-refractivity contribution in [3.05, 3.63) is 48.2 Å². The molecule has 0 fully saturated rings. The summed E-state index contributed by atoms with van der Waals surface area (Å²) in [4.78, 5) is 27.1. The second kappa shape index (κ2) is 8.30. The molecule has 2 rings (SSSR count). The third-order valence-electron chi connectivity index (χ3n) is 3.29.